The van der Waals surface area contributed by atoms with Crippen molar-refractivity contribution in [1.82, 2.24) is 40.8 Å². The number of rotatable bonds is 7. The molecule has 0 bridgehead atoms. The van der Waals surface area contributed by atoms with Gasteiger partial charge in [-0.1, -0.05) is 20.4 Å². The van der Waals surface area contributed by atoms with Gasteiger partial charge in [-0.25, -0.2) is 0 Å². The molecule has 2 heterocycles. The molecule has 0 saturated heterocycles. The molecule has 0 spiro atoms. The molecular formula is C8H8Cl2N8O2. The lowest BCUT2D eigenvalue weighted by atomic mass is 10.3. The largest absolute Gasteiger partial charge is 0.461 e. The molecule has 0 radical (unpaired) electrons. The van der Waals surface area contributed by atoms with E-state index in [1.54, 1.807) is 0 Å². The SMILES string of the molecule is Clc1nnc(OCCCCOc2nnc(Cl)nn2)nn1. The van der Waals surface area contributed by atoms with Crippen LogP contribution in [0.15, 0.2) is 0 Å². The molecule has 0 aliphatic rings. The van der Waals surface area contributed by atoms with Crippen molar-refractivity contribution in [3.05, 3.63) is 10.6 Å². The minimum absolute atomic E-state index is 0.0315. The Labute approximate surface area is 122 Å². The van der Waals surface area contributed by atoms with E-state index in [0.717, 1.165) is 0 Å². The molecule has 20 heavy (non-hydrogen) atoms. The quantitative estimate of drug-likeness (QED) is 0.662. The third-order valence-corrected chi connectivity index (χ3v) is 2.18. The Morgan fingerprint density at radius 1 is 0.600 bits per heavy atom. The molecule has 106 valence electrons. The maximum Gasteiger partial charge on any atom is 0.355 e. The molecule has 10 nitrogen and oxygen atoms in total. The van der Waals surface area contributed by atoms with E-state index in [4.69, 9.17) is 32.7 Å². The Morgan fingerprint density at radius 2 is 0.950 bits per heavy atom. The molecule has 2 aromatic rings. The van der Waals surface area contributed by atoms with Gasteiger partial charge in [-0.2, -0.15) is 0 Å². The highest BCUT2D eigenvalue weighted by atomic mass is 35.5. The zero-order chi connectivity index (χ0) is 14.2. The molecule has 0 aliphatic carbocycles. The fourth-order valence-corrected chi connectivity index (χ4v) is 1.21. The first-order chi connectivity index (χ1) is 9.74. The van der Waals surface area contributed by atoms with Gasteiger partial charge < -0.3 is 9.47 Å². The van der Waals surface area contributed by atoms with Crippen LogP contribution in [0.5, 0.6) is 12.0 Å². The second-order valence-electron chi connectivity index (χ2n) is 3.31. The summed E-state index contributed by atoms with van der Waals surface area (Å²) in [6, 6.07) is 0.148. The van der Waals surface area contributed by atoms with Crippen molar-refractivity contribution >= 4 is 23.2 Å². The first-order valence-electron chi connectivity index (χ1n) is 5.45. The summed E-state index contributed by atoms with van der Waals surface area (Å²) in [6.45, 7) is 0.790. The summed E-state index contributed by atoms with van der Waals surface area (Å²) in [5.74, 6) is 0. The minimum atomic E-state index is -0.0315. The van der Waals surface area contributed by atoms with Crippen molar-refractivity contribution in [3.8, 4) is 12.0 Å². The van der Waals surface area contributed by atoms with Crippen LogP contribution in [0.1, 0.15) is 12.8 Å². The van der Waals surface area contributed by atoms with Gasteiger partial charge in [0, 0.05) is 0 Å². The summed E-state index contributed by atoms with van der Waals surface area (Å²) < 4.78 is 10.4. The van der Waals surface area contributed by atoms with Crippen LogP contribution in [0.3, 0.4) is 0 Å². The number of aromatic nitrogens is 8. The van der Waals surface area contributed by atoms with Gasteiger partial charge in [0.15, 0.2) is 0 Å². The molecular weight excluding hydrogens is 311 g/mol. The number of hydrogen-bond acceptors (Lipinski definition) is 10. The van der Waals surface area contributed by atoms with E-state index in [0.29, 0.717) is 26.1 Å². The van der Waals surface area contributed by atoms with Crippen molar-refractivity contribution in [1.29, 1.82) is 0 Å². The molecule has 0 atom stereocenters. The van der Waals surface area contributed by atoms with E-state index in [1.807, 2.05) is 0 Å². The van der Waals surface area contributed by atoms with Crippen molar-refractivity contribution in [3.63, 3.8) is 0 Å². The molecule has 2 aromatic heterocycles. The standard InChI is InChI=1S/C8H8Cl2N8O2/c9-5-11-15-7(16-12-5)19-3-1-2-4-20-8-17-13-6(10)14-18-8/h1-4H2. The highest BCUT2D eigenvalue weighted by Crippen LogP contribution is 2.03. The Kier molecular flexibility index (Phi) is 5.50. The first-order valence-corrected chi connectivity index (χ1v) is 6.21. The van der Waals surface area contributed by atoms with Gasteiger partial charge in [-0.15, -0.1) is 20.4 Å². The highest BCUT2D eigenvalue weighted by Gasteiger charge is 2.02. The predicted molar refractivity (Wildman–Crippen MR) is 65.5 cm³/mol. The summed E-state index contributed by atoms with van der Waals surface area (Å²) >= 11 is 10.9. The number of halogens is 2. The first kappa shape index (κ1) is 14.5. The lowest BCUT2D eigenvalue weighted by molar-refractivity contribution is 0.239. The minimum Gasteiger partial charge on any atom is -0.461 e. The summed E-state index contributed by atoms with van der Waals surface area (Å²) in [7, 11) is 0. The van der Waals surface area contributed by atoms with E-state index in [2.05, 4.69) is 40.8 Å². The molecule has 0 amide bonds. The molecule has 0 saturated carbocycles. The molecule has 0 unspecified atom stereocenters. The van der Waals surface area contributed by atoms with E-state index in [1.165, 1.54) is 0 Å². The van der Waals surface area contributed by atoms with Crippen molar-refractivity contribution in [2.24, 2.45) is 0 Å². The topological polar surface area (TPSA) is 122 Å². The summed E-state index contributed by atoms with van der Waals surface area (Å²) in [6.07, 6.45) is 1.42. The van der Waals surface area contributed by atoms with Crippen molar-refractivity contribution in [2.45, 2.75) is 12.8 Å². The summed E-state index contributed by atoms with van der Waals surface area (Å²) in [5, 5.41) is 28.3. The number of hydrogen-bond donors (Lipinski definition) is 0. The van der Waals surface area contributed by atoms with Gasteiger partial charge in [0.2, 0.25) is 0 Å². The third-order valence-electron chi connectivity index (χ3n) is 1.87. The van der Waals surface area contributed by atoms with Gasteiger partial charge in [-0.05, 0) is 36.0 Å². The van der Waals surface area contributed by atoms with Crippen LogP contribution in [0.2, 0.25) is 10.6 Å². The second-order valence-corrected chi connectivity index (χ2v) is 3.98. The Balaban J connectivity index is 1.57. The Bertz CT molecular complexity index is 476. The average Bonchev–Trinajstić information content (AvgIpc) is 2.46. The predicted octanol–water partition coefficient (Wildman–Crippen LogP) is 0.391. The summed E-state index contributed by atoms with van der Waals surface area (Å²) in [5.41, 5.74) is 0. The lowest BCUT2D eigenvalue weighted by Crippen LogP contribution is -2.07. The van der Waals surface area contributed by atoms with Gasteiger partial charge in [0.25, 0.3) is 10.6 Å². The van der Waals surface area contributed by atoms with Crippen LogP contribution in [0.4, 0.5) is 0 Å². The van der Waals surface area contributed by atoms with Crippen LogP contribution >= 0.6 is 23.2 Å². The van der Waals surface area contributed by atoms with Crippen molar-refractivity contribution < 1.29 is 9.47 Å². The number of ether oxygens (including phenoxy) is 2. The Hall–Kier alpha value is -1.94. The van der Waals surface area contributed by atoms with Gasteiger partial charge in [0.1, 0.15) is 0 Å². The summed E-state index contributed by atoms with van der Waals surface area (Å²) in [4.78, 5) is 0. The third kappa shape index (κ3) is 4.97. The highest BCUT2D eigenvalue weighted by molar-refractivity contribution is 6.28. The van der Waals surface area contributed by atoms with Crippen LogP contribution in [-0.2, 0) is 0 Å². The van der Waals surface area contributed by atoms with E-state index < -0.39 is 0 Å². The Morgan fingerprint density at radius 3 is 1.30 bits per heavy atom. The van der Waals surface area contributed by atoms with Crippen LogP contribution in [0, 0.1) is 0 Å². The fourth-order valence-electron chi connectivity index (χ4n) is 1.06. The smallest absolute Gasteiger partial charge is 0.355 e. The number of nitrogens with zero attached hydrogens (tertiary/aromatic N) is 8. The second kappa shape index (κ2) is 7.60. The normalized spacial score (nSPS) is 10.3. The van der Waals surface area contributed by atoms with Crippen LogP contribution < -0.4 is 9.47 Å². The zero-order valence-electron chi connectivity index (χ0n) is 9.98. The maximum atomic E-state index is 5.43. The molecule has 0 N–H and O–H groups in total. The molecule has 12 heteroatoms. The zero-order valence-corrected chi connectivity index (χ0v) is 11.5. The maximum absolute atomic E-state index is 5.43. The molecule has 0 aliphatic heterocycles. The lowest BCUT2D eigenvalue weighted by Gasteiger charge is -2.03. The molecule has 2 rings (SSSR count). The van der Waals surface area contributed by atoms with E-state index in [9.17, 15) is 0 Å². The van der Waals surface area contributed by atoms with E-state index >= 15 is 0 Å². The van der Waals surface area contributed by atoms with Gasteiger partial charge >= 0.3 is 12.0 Å². The number of unbranched alkanes of at least 4 members (excludes halogenated alkanes) is 1. The molecule has 0 aromatic carbocycles. The van der Waals surface area contributed by atoms with Gasteiger partial charge in [-0.3, -0.25) is 0 Å². The van der Waals surface area contributed by atoms with Gasteiger partial charge in [0.05, 0.1) is 13.2 Å². The van der Waals surface area contributed by atoms with E-state index in [-0.39, 0.29) is 22.6 Å². The van der Waals surface area contributed by atoms with Crippen LogP contribution in [-0.4, -0.2) is 54.0 Å². The fraction of sp³-hybridized carbons (Fsp3) is 0.500. The molecule has 0 fully saturated rings. The van der Waals surface area contributed by atoms with Crippen LogP contribution in [0.25, 0.3) is 0 Å². The average molecular weight is 319 g/mol. The van der Waals surface area contributed by atoms with Crippen molar-refractivity contribution in [2.75, 3.05) is 13.2 Å². The monoisotopic (exact) mass is 318 g/mol.